The van der Waals surface area contributed by atoms with Crippen LogP contribution in [-0.2, 0) is 7.05 Å². The van der Waals surface area contributed by atoms with Crippen molar-refractivity contribution in [2.45, 2.75) is 0 Å². The number of nitrogen functional groups attached to an aromatic ring is 1. The summed E-state index contributed by atoms with van der Waals surface area (Å²) in [6, 6.07) is 1.89. The second-order valence-corrected chi connectivity index (χ2v) is 2.43. The fraction of sp³-hybridized carbons (Fsp3) is 0.143. The third-order valence-corrected chi connectivity index (χ3v) is 1.59. The molecule has 0 saturated carbocycles. The van der Waals surface area contributed by atoms with Crippen LogP contribution < -0.4 is 5.73 Å². The highest BCUT2D eigenvalue weighted by Crippen LogP contribution is 2.09. The molecule has 2 N–H and O–H groups in total. The molecule has 0 saturated heterocycles. The van der Waals surface area contributed by atoms with Crippen LogP contribution in [0.3, 0.4) is 0 Å². The molecule has 2 aromatic heterocycles. The largest absolute Gasteiger partial charge is 0.382 e. The number of nitrogens with zero attached hydrogens (tertiary/aromatic N) is 3. The molecule has 0 amide bonds. The number of anilines is 1. The van der Waals surface area contributed by atoms with Gasteiger partial charge in [0.2, 0.25) is 0 Å². The fourth-order valence-corrected chi connectivity index (χ4v) is 1.05. The van der Waals surface area contributed by atoms with Crippen LogP contribution in [0, 0.1) is 0 Å². The van der Waals surface area contributed by atoms with Gasteiger partial charge >= 0.3 is 0 Å². The number of fused-ring (bicyclic) bond motifs is 1. The van der Waals surface area contributed by atoms with Gasteiger partial charge in [-0.1, -0.05) is 0 Å². The van der Waals surface area contributed by atoms with Gasteiger partial charge in [0.1, 0.15) is 11.3 Å². The second-order valence-electron chi connectivity index (χ2n) is 2.43. The maximum atomic E-state index is 5.45. The Morgan fingerprint density at radius 1 is 1.55 bits per heavy atom. The smallest absolute Gasteiger partial charge is 0.158 e. The van der Waals surface area contributed by atoms with E-state index in [4.69, 9.17) is 5.73 Å². The third-order valence-electron chi connectivity index (χ3n) is 1.59. The normalized spacial score (nSPS) is 10.6. The summed E-state index contributed by atoms with van der Waals surface area (Å²) in [6.45, 7) is 0. The summed E-state index contributed by atoms with van der Waals surface area (Å²) in [7, 11) is 1.92. The molecule has 11 heavy (non-hydrogen) atoms. The van der Waals surface area contributed by atoms with Crippen LogP contribution >= 0.6 is 0 Å². The van der Waals surface area contributed by atoms with Gasteiger partial charge in [-0.2, -0.15) is 0 Å². The number of hydrogen-bond donors (Lipinski definition) is 1. The van der Waals surface area contributed by atoms with Crippen molar-refractivity contribution < 1.29 is 0 Å². The van der Waals surface area contributed by atoms with Crippen LogP contribution in [0.2, 0.25) is 0 Å². The fourth-order valence-electron chi connectivity index (χ4n) is 1.05. The quantitative estimate of drug-likeness (QED) is 0.593. The highest BCUT2D eigenvalue weighted by molar-refractivity contribution is 5.72. The van der Waals surface area contributed by atoms with Crippen molar-refractivity contribution in [3.8, 4) is 0 Å². The molecule has 0 aliphatic rings. The molecule has 0 spiro atoms. The molecule has 0 bridgehead atoms. The molecule has 0 aliphatic heterocycles. The lowest BCUT2D eigenvalue weighted by atomic mass is 10.5. The Morgan fingerprint density at radius 2 is 2.36 bits per heavy atom. The van der Waals surface area contributed by atoms with Crippen LogP contribution in [-0.4, -0.2) is 14.5 Å². The van der Waals surface area contributed by atoms with E-state index in [1.807, 2.05) is 23.9 Å². The number of hydrogen-bond acceptors (Lipinski definition) is 3. The molecule has 2 heterocycles. The van der Waals surface area contributed by atoms with Crippen LogP contribution in [0.1, 0.15) is 0 Å². The van der Waals surface area contributed by atoms with Gasteiger partial charge < -0.3 is 10.3 Å². The lowest BCUT2D eigenvalue weighted by Gasteiger charge is -1.93. The lowest BCUT2D eigenvalue weighted by Crippen LogP contribution is -1.93. The lowest BCUT2D eigenvalue weighted by molar-refractivity contribution is 0.947. The first kappa shape index (κ1) is 6.15. The number of rotatable bonds is 0. The minimum absolute atomic E-state index is 0.462. The number of aryl methyl sites for hydroxylation is 1. The van der Waals surface area contributed by atoms with Gasteiger partial charge in [-0.3, -0.25) is 0 Å². The monoisotopic (exact) mass is 148 g/mol. The predicted octanol–water partition coefficient (Wildman–Crippen LogP) is 0.550. The van der Waals surface area contributed by atoms with Crippen molar-refractivity contribution in [1.82, 2.24) is 14.5 Å². The first-order chi connectivity index (χ1) is 5.27. The predicted molar refractivity (Wildman–Crippen MR) is 42.9 cm³/mol. The molecule has 0 aromatic carbocycles. The minimum atomic E-state index is 0.462. The first-order valence-corrected chi connectivity index (χ1v) is 3.31. The highest BCUT2D eigenvalue weighted by Gasteiger charge is 1.98. The summed E-state index contributed by atoms with van der Waals surface area (Å²) in [5.74, 6) is 0.462. The van der Waals surface area contributed by atoms with Crippen molar-refractivity contribution in [3.05, 3.63) is 18.5 Å². The van der Waals surface area contributed by atoms with Crippen molar-refractivity contribution in [3.63, 3.8) is 0 Å². The molecule has 4 nitrogen and oxygen atoms in total. The van der Waals surface area contributed by atoms with E-state index in [1.165, 1.54) is 0 Å². The van der Waals surface area contributed by atoms with Crippen molar-refractivity contribution in [1.29, 1.82) is 0 Å². The van der Waals surface area contributed by atoms with E-state index in [-0.39, 0.29) is 0 Å². The van der Waals surface area contributed by atoms with Gasteiger partial charge in [0.15, 0.2) is 5.65 Å². The Bertz CT molecular complexity index is 390. The Hall–Kier alpha value is -1.58. The highest BCUT2D eigenvalue weighted by atomic mass is 15.0. The zero-order chi connectivity index (χ0) is 7.84. The molecule has 0 aliphatic carbocycles. The third kappa shape index (κ3) is 0.832. The van der Waals surface area contributed by atoms with Gasteiger partial charge in [-0.15, -0.1) is 0 Å². The van der Waals surface area contributed by atoms with Crippen LogP contribution in [0.4, 0.5) is 5.82 Å². The summed E-state index contributed by atoms with van der Waals surface area (Å²) in [5, 5.41) is 0. The maximum absolute atomic E-state index is 5.45. The second kappa shape index (κ2) is 1.95. The summed E-state index contributed by atoms with van der Waals surface area (Å²) < 4.78 is 1.90. The van der Waals surface area contributed by atoms with E-state index in [2.05, 4.69) is 9.97 Å². The van der Waals surface area contributed by atoms with Gasteiger partial charge in [0.05, 0.1) is 6.20 Å². The molecular weight excluding hydrogens is 140 g/mol. The SMILES string of the molecule is Cn1ccc2nc(N)cnc21. The molecule has 0 radical (unpaired) electrons. The van der Waals surface area contributed by atoms with Crippen molar-refractivity contribution in [2.75, 3.05) is 5.73 Å². The Kier molecular flexibility index (Phi) is 1.09. The molecule has 4 heteroatoms. The van der Waals surface area contributed by atoms with Crippen LogP contribution in [0.5, 0.6) is 0 Å². The van der Waals surface area contributed by atoms with Gasteiger partial charge in [-0.05, 0) is 6.07 Å². The first-order valence-electron chi connectivity index (χ1n) is 3.31. The Labute approximate surface area is 63.7 Å². The molecule has 2 rings (SSSR count). The molecule has 0 fully saturated rings. The summed E-state index contributed by atoms with van der Waals surface area (Å²) >= 11 is 0. The zero-order valence-electron chi connectivity index (χ0n) is 6.15. The molecular formula is C7H8N4. The molecule has 0 atom stereocenters. The maximum Gasteiger partial charge on any atom is 0.158 e. The van der Waals surface area contributed by atoms with E-state index in [9.17, 15) is 0 Å². The van der Waals surface area contributed by atoms with Crippen LogP contribution in [0.25, 0.3) is 11.2 Å². The topological polar surface area (TPSA) is 56.7 Å². The van der Waals surface area contributed by atoms with E-state index in [0.29, 0.717) is 5.82 Å². The molecule has 56 valence electrons. The molecule has 0 unspecified atom stereocenters. The van der Waals surface area contributed by atoms with Gasteiger partial charge in [0, 0.05) is 13.2 Å². The van der Waals surface area contributed by atoms with Crippen LogP contribution in [0.15, 0.2) is 18.5 Å². The van der Waals surface area contributed by atoms with E-state index in [1.54, 1.807) is 6.20 Å². The zero-order valence-corrected chi connectivity index (χ0v) is 6.15. The Balaban J connectivity index is 2.86. The van der Waals surface area contributed by atoms with Crippen molar-refractivity contribution in [2.24, 2.45) is 7.05 Å². The standard InChI is InChI=1S/C7H8N4/c1-11-3-2-5-7(11)9-4-6(8)10-5/h2-4H,1H3,(H2,8,10). The summed E-state index contributed by atoms with van der Waals surface area (Å²) in [5.41, 5.74) is 7.15. The summed E-state index contributed by atoms with van der Waals surface area (Å²) in [6.07, 6.45) is 3.46. The van der Waals surface area contributed by atoms with E-state index in [0.717, 1.165) is 11.2 Å². The Morgan fingerprint density at radius 3 is 3.18 bits per heavy atom. The summed E-state index contributed by atoms with van der Waals surface area (Å²) in [4.78, 5) is 8.21. The minimum Gasteiger partial charge on any atom is -0.382 e. The average Bonchev–Trinajstić information content (AvgIpc) is 2.32. The van der Waals surface area contributed by atoms with E-state index < -0.39 is 0 Å². The van der Waals surface area contributed by atoms with Gasteiger partial charge in [-0.25, -0.2) is 9.97 Å². The van der Waals surface area contributed by atoms with Gasteiger partial charge in [0.25, 0.3) is 0 Å². The molecule has 2 aromatic rings. The van der Waals surface area contributed by atoms with E-state index >= 15 is 0 Å². The average molecular weight is 148 g/mol. The number of nitrogens with two attached hydrogens (primary N) is 1. The van der Waals surface area contributed by atoms with Crippen molar-refractivity contribution >= 4 is 17.0 Å². The number of aromatic nitrogens is 3.